The Morgan fingerprint density at radius 3 is 2.68 bits per heavy atom. The van der Waals surface area contributed by atoms with Crippen molar-refractivity contribution in [3.05, 3.63) is 29.7 Å². The van der Waals surface area contributed by atoms with Crippen LogP contribution in [-0.2, 0) is 9.53 Å². The number of carbonyl (C=O) groups excluding carboxylic acids is 1. The van der Waals surface area contributed by atoms with Gasteiger partial charge >= 0.3 is 0 Å². The van der Waals surface area contributed by atoms with Gasteiger partial charge in [-0.2, -0.15) is 0 Å². The molecule has 0 saturated heterocycles. The quantitative estimate of drug-likeness (QED) is 0.499. The number of hydrogen-bond acceptors (Lipinski definition) is 6. The average Bonchev–Trinajstić information content (AvgIpc) is 3.01. The lowest BCUT2D eigenvalue weighted by atomic mass is 10.1. The molecule has 138 valence electrons. The normalized spacial score (nSPS) is 11.7. The lowest BCUT2D eigenvalue weighted by Crippen LogP contribution is -2.27. The number of aliphatic hydroxyl groups is 1. The van der Waals surface area contributed by atoms with E-state index in [1.807, 2.05) is 20.8 Å². The highest BCUT2D eigenvalue weighted by molar-refractivity contribution is 5.94. The molecular formula is C16H24N4O5. The molecule has 9 heteroatoms. The van der Waals surface area contributed by atoms with Crippen molar-refractivity contribution in [1.82, 2.24) is 19.9 Å². The summed E-state index contributed by atoms with van der Waals surface area (Å²) in [5.74, 6) is 0.255. The number of fused-ring (bicyclic) bond motifs is 1. The molecule has 2 rings (SSSR count). The van der Waals surface area contributed by atoms with E-state index in [1.54, 1.807) is 22.7 Å². The van der Waals surface area contributed by atoms with Gasteiger partial charge < -0.3 is 20.3 Å². The summed E-state index contributed by atoms with van der Waals surface area (Å²) in [6.07, 6.45) is 0.915. The van der Waals surface area contributed by atoms with E-state index in [-0.39, 0.29) is 18.3 Å². The van der Waals surface area contributed by atoms with E-state index in [1.165, 1.54) is 0 Å². The highest BCUT2D eigenvalue weighted by Crippen LogP contribution is 2.20. The molecule has 0 saturated carbocycles. The van der Waals surface area contributed by atoms with Crippen LogP contribution < -0.4 is 5.32 Å². The summed E-state index contributed by atoms with van der Waals surface area (Å²) < 4.78 is 6.84. The molecule has 0 spiro atoms. The Hall–Kier alpha value is -2.52. The van der Waals surface area contributed by atoms with Crippen molar-refractivity contribution in [1.29, 1.82) is 0 Å². The topological polar surface area (TPSA) is 126 Å². The molecule has 0 bridgehead atoms. The number of aromatic nitrogens is 3. The zero-order chi connectivity index (χ0) is 18.8. The second kappa shape index (κ2) is 10.4. The summed E-state index contributed by atoms with van der Waals surface area (Å²) in [5.41, 5.74) is 1.08. The molecule has 0 radical (unpaired) electrons. The first-order valence-electron chi connectivity index (χ1n) is 7.92. The molecule has 0 aromatic carbocycles. The van der Waals surface area contributed by atoms with Crippen molar-refractivity contribution in [2.75, 3.05) is 19.8 Å². The Morgan fingerprint density at radius 2 is 2.08 bits per heavy atom. The zero-order valence-corrected chi connectivity index (χ0v) is 14.5. The number of amides is 1. The Labute approximate surface area is 145 Å². The molecule has 2 aromatic rings. The number of hydrogen-bond donors (Lipinski definition) is 3. The molecule has 0 aliphatic rings. The molecule has 0 fully saturated rings. The zero-order valence-electron chi connectivity index (χ0n) is 14.5. The number of rotatable bonds is 7. The van der Waals surface area contributed by atoms with Crippen LogP contribution in [0, 0.1) is 5.92 Å². The fourth-order valence-corrected chi connectivity index (χ4v) is 2.03. The number of aliphatic hydroxyl groups excluding tert-OH is 1. The molecule has 0 aliphatic carbocycles. The first kappa shape index (κ1) is 20.5. The molecule has 1 amide bonds. The minimum Gasteiger partial charge on any atom is -0.483 e. The molecule has 2 aromatic heterocycles. The highest BCUT2D eigenvalue weighted by atomic mass is 16.5. The third-order valence-corrected chi connectivity index (χ3v) is 3.32. The monoisotopic (exact) mass is 352 g/mol. The second-order valence-corrected chi connectivity index (χ2v) is 5.45. The Balaban J connectivity index is 0.000000970. The summed E-state index contributed by atoms with van der Waals surface area (Å²) >= 11 is 0. The molecule has 2 heterocycles. The van der Waals surface area contributed by atoms with E-state index in [4.69, 9.17) is 14.6 Å². The van der Waals surface area contributed by atoms with Crippen LogP contribution in [0.2, 0.25) is 0 Å². The summed E-state index contributed by atoms with van der Waals surface area (Å²) in [7, 11) is 0. The molecular weight excluding hydrogens is 328 g/mol. The van der Waals surface area contributed by atoms with E-state index >= 15 is 0 Å². The minimum absolute atomic E-state index is 0.0103. The third-order valence-electron chi connectivity index (χ3n) is 3.32. The van der Waals surface area contributed by atoms with E-state index in [2.05, 4.69) is 15.5 Å². The SMILES string of the molecule is CCOCCNC(=O)c1ccc2nnc(C(O)C(C)C)n2c1.O=CO. The minimum atomic E-state index is -0.730. The first-order valence-corrected chi connectivity index (χ1v) is 7.92. The van der Waals surface area contributed by atoms with Gasteiger partial charge in [0.05, 0.1) is 12.2 Å². The van der Waals surface area contributed by atoms with E-state index in [0.29, 0.717) is 36.8 Å². The van der Waals surface area contributed by atoms with Crippen LogP contribution in [0.25, 0.3) is 5.65 Å². The van der Waals surface area contributed by atoms with Gasteiger partial charge in [0.1, 0.15) is 6.10 Å². The van der Waals surface area contributed by atoms with E-state index < -0.39 is 6.10 Å². The summed E-state index contributed by atoms with van der Waals surface area (Å²) in [6.45, 7) is 7.01. The highest BCUT2D eigenvalue weighted by Gasteiger charge is 2.19. The van der Waals surface area contributed by atoms with Gasteiger partial charge in [0.15, 0.2) is 11.5 Å². The van der Waals surface area contributed by atoms with Crippen molar-refractivity contribution in [3.8, 4) is 0 Å². The summed E-state index contributed by atoms with van der Waals surface area (Å²) in [6, 6.07) is 3.40. The summed E-state index contributed by atoms with van der Waals surface area (Å²) in [4.78, 5) is 20.5. The van der Waals surface area contributed by atoms with Crippen molar-refractivity contribution in [3.63, 3.8) is 0 Å². The molecule has 9 nitrogen and oxygen atoms in total. The Morgan fingerprint density at radius 1 is 1.40 bits per heavy atom. The number of carbonyl (C=O) groups is 2. The van der Waals surface area contributed by atoms with Crippen LogP contribution in [0.4, 0.5) is 0 Å². The predicted octanol–water partition coefficient (Wildman–Crippen LogP) is 0.886. The van der Waals surface area contributed by atoms with Crippen molar-refractivity contribution in [2.45, 2.75) is 26.9 Å². The van der Waals surface area contributed by atoms with E-state index in [0.717, 1.165) is 0 Å². The van der Waals surface area contributed by atoms with Crippen molar-refractivity contribution < 1.29 is 24.5 Å². The van der Waals surface area contributed by atoms with Gasteiger partial charge in [-0.3, -0.25) is 14.0 Å². The lowest BCUT2D eigenvalue weighted by molar-refractivity contribution is -0.122. The van der Waals surface area contributed by atoms with Crippen LogP contribution in [0.3, 0.4) is 0 Å². The van der Waals surface area contributed by atoms with Crippen LogP contribution in [0.15, 0.2) is 18.3 Å². The van der Waals surface area contributed by atoms with Crippen molar-refractivity contribution in [2.24, 2.45) is 5.92 Å². The third kappa shape index (κ3) is 5.80. The van der Waals surface area contributed by atoms with Gasteiger partial charge in [-0.25, -0.2) is 0 Å². The maximum absolute atomic E-state index is 12.1. The Bertz CT molecular complexity index is 686. The van der Waals surface area contributed by atoms with Gasteiger partial charge in [0.2, 0.25) is 0 Å². The van der Waals surface area contributed by atoms with Gasteiger partial charge in [0, 0.05) is 19.3 Å². The van der Waals surface area contributed by atoms with Crippen LogP contribution >= 0.6 is 0 Å². The first-order chi connectivity index (χ1) is 12.0. The van der Waals surface area contributed by atoms with Gasteiger partial charge in [-0.15, -0.1) is 10.2 Å². The molecule has 0 aliphatic heterocycles. The second-order valence-electron chi connectivity index (χ2n) is 5.45. The van der Waals surface area contributed by atoms with Gasteiger partial charge in [-0.1, -0.05) is 13.8 Å². The molecule has 1 atom stereocenters. The van der Waals surface area contributed by atoms with Crippen molar-refractivity contribution >= 4 is 18.0 Å². The van der Waals surface area contributed by atoms with Gasteiger partial charge in [-0.05, 0) is 25.0 Å². The maximum atomic E-state index is 12.1. The Kier molecular flexibility index (Phi) is 8.51. The molecule has 25 heavy (non-hydrogen) atoms. The number of pyridine rings is 1. The molecule has 3 N–H and O–H groups in total. The van der Waals surface area contributed by atoms with Gasteiger partial charge in [0.25, 0.3) is 12.4 Å². The fraction of sp³-hybridized carbons (Fsp3) is 0.500. The molecule has 1 unspecified atom stereocenters. The number of carboxylic acid groups (broad SMARTS) is 1. The standard InChI is InChI=1S/C15H22N4O3.CH2O2/c1-4-22-8-7-16-15(21)11-5-6-12-17-18-14(19(12)9-11)13(20)10(2)3;2-1-3/h5-6,9-10,13,20H,4,7-8H2,1-3H3,(H,16,21);1H,(H,2,3). The van der Waals surface area contributed by atoms with E-state index in [9.17, 15) is 9.90 Å². The predicted molar refractivity (Wildman–Crippen MR) is 90.3 cm³/mol. The number of nitrogens with one attached hydrogen (secondary N) is 1. The van der Waals surface area contributed by atoms with Crippen LogP contribution in [0.1, 0.15) is 43.1 Å². The van der Waals surface area contributed by atoms with Crippen LogP contribution in [-0.4, -0.2) is 56.9 Å². The lowest BCUT2D eigenvalue weighted by Gasteiger charge is -2.12. The largest absolute Gasteiger partial charge is 0.483 e. The fourth-order valence-electron chi connectivity index (χ4n) is 2.03. The maximum Gasteiger partial charge on any atom is 0.290 e. The van der Waals surface area contributed by atoms with Crippen LogP contribution in [0.5, 0.6) is 0 Å². The number of ether oxygens (including phenoxy) is 1. The smallest absolute Gasteiger partial charge is 0.290 e. The summed E-state index contributed by atoms with van der Waals surface area (Å²) in [5, 5.41) is 27.9. The number of nitrogens with zero attached hydrogens (tertiary/aromatic N) is 3. The average molecular weight is 352 g/mol.